The molecule has 0 aliphatic rings. The van der Waals surface area contributed by atoms with Gasteiger partial charge in [-0.05, 0) is 36.3 Å². The van der Waals surface area contributed by atoms with E-state index >= 15 is 0 Å². The van der Waals surface area contributed by atoms with Crippen molar-refractivity contribution in [1.29, 1.82) is 0 Å². The second kappa shape index (κ2) is 7.55. The Balaban J connectivity index is 3.09. The van der Waals surface area contributed by atoms with E-state index in [2.05, 4.69) is 24.7 Å². The smallest absolute Gasteiger partial charge is 0.0594 e. The molecule has 19 heavy (non-hydrogen) atoms. The number of benzene rings is 1. The van der Waals surface area contributed by atoms with Crippen molar-refractivity contribution in [3.63, 3.8) is 0 Å². The van der Waals surface area contributed by atoms with Crippen molar-refractivity contribution in [3.8, 4) is 0 Å². The van der Waals surface area contributed by atoms with Gasteiger partial charge in [0.1, 0.15) is 0 Å². The average Bonchev–Trinajstić information content (AvgIpc) is 2.37. The Morgan fingerprint density at radius 3 is 2.68 bits per heavy atom. The van der Waals surface area contributed by atoms with E-state index in [1.165, 1.54) is 0 Å². The molecule has 2 heteroatoms. The predicted octanol–water partition coefficient (Wildman–Crippen LogP) is 5.11. The van der Waals surface area contributed by atoms with Crippen molar-refractivity contribution in [3.05, 3.63) is 77.9 Å². The number of aliphatic imine (C=N–C) groups is 1. The normalized spacial score (nSPS) is 11.6. The van der Waals surface area contributed by atoms with E-state index in [4.69, 9.17) is 11.6 Å². The molecule has 0 amide bonds. The molecule has 1 aromatic rings. The molecule has 0 bridgehead atoms. The van der Waals surface area contributed by atoms with Crippen molar-refractivity contribution >= 4 is 23.4 Å². The highest BCUT2D eigenvalue weighted by molar-refractivity contribution is 6.31. The summed E-state index contributed by atoms with van der Waals surface area (Å²) in [5.74, 6) is 0. The van der Waals surface area contributed by atoms with Gasteiger partial charge < -0.3 is 0 Å². The summed E-state index contributed by atoms with van der Waals surface area (Å²) >= 11 is 6.02. The number of allylic oxidation sites excluding steroid dienone is 4. The molecule has 0 radical (unpaired) electrons. The maximum atomic E-state index is 6.02. The topological polar surface area (TPSA) is 12.4 Å². The summed E-state index contributed by atoms with van der Waals surface area (Å²) in [6, 6.07) is 7.64. The third-order valence-electron chi connectivity index (χ3n) is 2.35. The molecule has 0 saturated heterocycles. The van der Waals surface area contributed by atoms with Gasteiger partial charge in [-0.2, -0.15) is 0 Å². The molecular weight excluding hydrogens is 254 g/mol. The van der Waals surface area contributed by atoms with Gasteiger partial charge in [0.25, 0.3) is 0 Å². The molecule has 1 aromatic carbocycles. The SMILES string of the molecule is C=CC(=C)/C=C(\C=N/CC(=C)C)c1cccc(Cl)c1. The first kappa shape index (κ1) is 15.2. The van der Waals surface area contributed by atoms with Crippen molar-refractivity contribution in [2.45, 2.75) is 6.92 Å². The van der Waals surface area contributed by atoms with Crippen LogP contribution in [0.2, 0.25) is 5.02 Å². The van der Waals surface area contributed by atoms with Crippen molar-refractivity contribution in [2.24, 2.45) is 4.99 Å². The molecule has 0 saturated carbocycles. The van der Waals surface area contributed by atoms with Crippen LogP contribution in [-0.4, -0.2) is 12.8 Å². The molecule has 0 atom stereocenters. The molecule has 1 rings (SSSR count). The number of hydrogen-bond donors (Lipinski definition) is 0. The molecule has 98 valence electrons. The van der Waals surface area contributed by atoms with E-state index in [9.17, 15) is 0 Å². The summed E-state index contributed by atoms with van der Waals surface area (Å²) in [5.41, 5.74) is 3.80. The number of hydrogen-bond acceptors (Lipinski definition) is 1. The molecule has 0 aromatic heterocycles. The highest BCUT2D eigenvalue weighted by Crippen LogP contribution is 2.19. The summed E-state index contributed by atoms with van der Waals surface area (Å²) in [5, 5.41) is 0.695. The molecule has 0 aliphatic carbocycles. The Morgan fingerprint density at radius 1 is 1.37 bits per heavy atom. The molecule has 0 unspecified atom stereocenters. The van der Waals surface area contributed by atoms with Crippen molar-refractivity contribution < 1.29 is 0 Å². The minimum Gasteiger partial charge on any atom is -0.288 e. The van der Waals surface area contributed by atoms with Crippen molar-refractivity contribution in [2.75, 3.05) is 6.54 Å². The Hall–Kier alpha value is -1.86. The fourth-order valence-electron chi connectivity index (χ4n) is 1.42. The zero-order valence-corrected chi connectivity index (χ0v) is 12.0. The third-order valence-corrected chi connectivity index (χ3v) is 2.59. The van der Waals surface area contributed by atoms with Crippen LogP contribution < -0.4 is 0 Å². The quantitative estimate of drug-likeness (QED) is 0.387. The minimum absolute atomic E-state index is 0.610. The summed E-state index contributed by atoms with van der Waals surface area (Å²) in [7, 11) is 0. The highest BCUT2D eigenvalue weighted by Gasteiger charge is 2.00. The van der Waals surface area contributed by atoms with E-state index < -0.39 is 0 Å². The van der Waals surface area contributed by atoms with Crippen LogP contribution >= 0.6 is 11.6 Å². The Kier molecular flexibility index (Phi) is 6.04. The van der Waals surface area contributed by atoms with Crippen LogP contribution in [0.25, 0.3) is 5.57 Å². The van der Waals surface area contributed by atoms with E-state index in [1.807, 2.05) is 43.5 Å². The monoisotopic (exact) mass is 271 g/mol. The van der Waals surface area contributed by atoms with Crippen molar-refractivity contribution in [1.82, 2.24) is 0 Å². The molecular formula is C17H18ClN. The maximum absolute atomic E-state index is 6.02. The first-order valence-electron chi connectivity index (χ1n) is 5.96. The van der Waals surface area contributed by atoms with Gasteiger partial charge in [-0.15, -0.1) is 0 Å². The van der Waals surface area contributed by atoms with Gasteiger partial charge in [-0.25, -0.2) is 0 Å². The Morgan fingerprint density at radius 2 is 2.11 bits per heavy atom. The van der Waals surface area contributed by atoms with Crippen LogP contribution in [0, 0.1) is 0 Å². The highest BCUT2D eigenvalue weighted by atomic mass is 35.5. The minimum atomic E-state index is 0.610. The number of rotatable bonds is 6. The summed E-state index contributed by atoms with van der Waals surface area (Å²) in [6.45, 7) is 14.0. The van der Waals surface area contributed by atoms with Gasteiger partial charge >= 0.3 is 0 Å². The zero-order chi connectivity index (χ0) is 14.3. The first-order chi connectivity index (χ1) is 9.02. The maximum Gasteiger partial charge on any atom is 0.0594 e. The van der Waals surface area contributed by atoms with E-state index in [0.717, 1.165) is 22.3 Å². The van der Waals surface area contributed by atoms with Crippen LogP contribution in [0.3, 0.4) is 0 Å². The second-order valence-corrected chi connectivity index (χ2v) is 4.75. The second-order valence-electron chi connectivity index (χ2n) is 4.32. The van der Waals surface area contributed by atoms with Crippen LogP contribution in [0.5, 0.6) is 0 Å². The molecule has 0 spiro atoms. The number of nitrogens with zero attached hydrogens (tertiary/aromatic N) is 1. The third kappa shape index (κ3) is 5.54. The van der Waals surface area contributed by atoms with Gasteiger partial charge in [-0.3, -0.25) is 4.99 Å². The lowest BCUT2D eigenvalue weighted by Crippen LogP contribution is -1.89. The summed E-state index contributed by atoms with van der Waals surface area (Å²) in [4.78, 5) is 4.35. The van der Waals surface area contributed by atoms with Crippen LogP contribution in [0.1, 0.15) is 12.5 Å². The van der Waals surface area contributed by atoms with Gasteiger partial charge in [0.05, 0.1) is 6.54 Å². The van der Waals surface area contributed by atoms with Gasteiger partial charge in [-0.1, -0.05) is 55.1 Å². The van der Waals surface area contributed by atoms with Gasteiger partial charge in [0.15, 0.2) is 0 Å². The lowest BCUT2D eigenvalue weighted by molar-refractivity contribution is 1.15. The standard InChI is InChI=1S/C17H18ClN/c1-5-14(4)9-16(12-19-11-13(2)3)15-7-6-8-17(18)10-15/h5-10,12H,1-2,4,11H2,3H3/b16-9+,19-12-. The lowest BCUT2D eigenvalue weighted by Gasteiger charge is -2.04. The van der Waals surface area contributed by atoms with Crippen LogP contribution in [0.15, 0.2) is 72.3 Å². The van der Waals surface area contributed by atoms with E-state index in [0.29, 0.717) is 11.6 Å². The molecule has 0 heterocycles. The largest absolute Gasteiger partial charge is 0.288 e. The molecule has 0 N–H and O–H groups in total. The predicted molar refractivity (Wildman–Crippen MR) is 86.9 cm³/mol. The van der Waals surface area contributed by atoms with Crippen LogP contribution in [-0.2, 0) is 0 Å². The Bertz CT molecular complexity index is 550. The number of halogens is 1. The van der Waals surface area contributed by atoms with E-state index in [1.54, 1.807) is 6.08 Å². The zero-order valence-electron chi connectivity index (χ0n) is 11.2. The fourth-order valence-corrected chi connectivity index (χ4v) is 1.61. The molecule has 0 fully saturated rings. The first-order valence-corrected chi connectivity index (χ1v) is 6.34. The van der Waals surface area contributed by atoms with E-state index in [-0.39, 0.29) is 0 Å². The van der Waals surface area contributed by atoms with Crippen LogP contribution in [0.4, 0.5) is 0 Å². The fraction of sp³-hybridized carbons (Fsp3) is 0.118. The lowest BCUT2D eigenvalue weighted by atomic mass is 10.0. The average molecular weight is 272 g/mol. The van der Waals surface area contributed by atoms with Gasteiger partial charge in [0, 0.05) is 16.8 Å². The summed E-state index contributed by atoms with van der Waals surface area (Å²) in [6.07, 6.45) is 5.45. The van der Waals surface area contributed by atoms with Gasteiger partial charge in [0.2, 0.25) is 0 Å². The Labute approximate surface area is 120 Å². The molecule has 0 aliphatic heterocycles. The summed E-state index contributed by atoms with van der Waals surface area (Å²) < 4.78 is 0. The molecule has 1 nitrogen and oxygen atoms in total.